The summed E-state index contributed by atoms with van der Waals surface area (Å²) in [7, 11) is 0. The van der Waals surface area contributed by atoms with E-state index in [2.05, 4.69) is 30.1 Å². The van der Waals surface area contributed by atoms with E-state index in [0.29, 0.717) is 18.5 Å². The monoisotopic (exact) mass is 350 g/mol. The SMILES string of the molecule is CSc1ccc(C)c(C(=O)NCC(CC(C)C)N2CCOCC2)c1. The summed E-state index contributed by atoms with van der Waals surface area (Å²) in [6, 6.07) is 6.45. The second kappa shape index (κ2) is 9.44. The summed E-state index contributed by atoms with van der Waals surface area (Å²) in [5.41, 5.74) is 1.81. The number of thioether (sulfide) groups is 1. The molecule has 1 unspecified atom stereocenters. The van der Waals surface area contributed by atoms with Crippen LogP contribution in [0.15, 0.2) is 23.1 Å². The van der Waals surface area contributed by atoms with Crippen LogP contribution in [-0.2, 0) is 4.74 Å². The summed E-state index contributed by atoms with van der Waals surface area (Å²) in [6.45, 7) is 10.6. The molecule has 1 fully saturated rings. The van der Waals surface area contributed by atoms with Gasteiger partial charge < -0.3 is 10.1 Å². The molecular weight excluding hydrogens is 320 g/mol. The number of hydrogen-bond acceptors (Lipinski definition) is 4. The second-order valence-corrected chi connectivity index (χ2v) is 7.70. The van der Waals surface area contributed by atoms with Crippen LogP contribution in [0.2, 0.25) is 0 Å². The van der Waals surface area contributed by atoms with Crippen LogP contribution in [0.4, 0.5) is 0 Å². The minimum absolute atomic E-state index is 0.0328. The molecule has 1 aromatic rings. The van der Waals surface area contributed by atoms with Crippen LogP contribution < -0.4 is 5.32 Å². The quantitative estimate of drug-likeness (QED) is 0.767. The van der Waals surface area contributed by atoms with Crippen molar-refractivity contribution in [1.82, 2.24) is 10.2 Å². The molecule has 5 heteroatoms. The van der Waals surface area contributed by atoms with Crippen molar-refractivity contribution in [3.05, 3.63) is 29.3 Å². The Hall–Kier alpha value is -1.04. The lowest BCUT2D eigenvalue weighted by Gasteiger charge is -2.35. The average Bonchev–Trinajstić information content (AvgIpc) is 2.59. The number of benzene rings is 1. The van der Waals surface area contributed by atoms with E-state index in [1.807, 2.05) is 25.3 Å². The maximum absolute atomic E-state index is 12.6. The summed E-state index contributed by atoms with van der Waals surface area (Å²) >= 11 is 1.66. The fraction of sp³-hybridized carbons (Fsp3) is 0.632. The van der Waals surface area contributed by atoms with Crippen LogP contribution >= 0.6 is 11.8 Å². The third-order valence-corrected chi connectivity index (χ3v) is 5.22. The Morgan fingerprint density at radius 2 is 2.04 bits per heavy atom. The van der Waals surface area contributed by atoms with Crippen LogP contribution in [-0.4, -0.2) is 56.0 Å². The molecule has 134 valence electrons. The third kappa shape index (κ3) is 5.50. The van der Waals surface area contributed by atoms with Gasteiger partial charge in [0.05, 0.1) is 13.2 Å². The Bertz CT molecular complexity index is 542. The van der Waals surface area contributed by atoms with Crippen molar-refractivity contribution in [2.75, 3.05) is 39.1 Å². The van der Waals surface area contributed by atoms with E-state index in [4.69, 9.17) is 4.74 Å². The predicted octanol–water partition coefficient (Wildman–Crippen LogP) is 3.19. The molecule has 4 nitrogen and oxygen atoms in total. The number of hydrogen-bond donors (Lipinski definition) is 1. The highest BCUT2D eigenvalue weighted by atomic mass is 32.2. The Labute approximate surface area is 150 Å². The normalized spacial score (nSPS) is 17.0. The number of carbonyl (C=O) groups excluding carboxylic acids is 1. The van der Waals surface area contributed by atoms with Gasteiger partial charge in [-0.2, -0.15) is 0 Å². The van der Waals surface area contributed by atoms with Crippen LogP contribution in [0.5, 0.6) is 0 Å². The van der Waals surface area contributed by atoms with Gasteiger partial charge >= 0.3 is 0 Å². The molecule has 1 heterocycles. The van der Waals surface area contributed by atoms with E-state index in [0.717, 1.165) is 48.7 Å². The molecule has 2 rings (SSSR count). The van der Waals surface area contributed by atoms with Gasteiger partial charge in [-0.1, -0.05) is 19.9 Å². The fourth-order valence-electron chi connectivity index (χ4n) is 3.13. The van der Waals surface area contributed by atoms with Crippen molar-refractivity contribution in [2.45, 2.75) is 38.1 Å². The number of rotatable bonds is 7. The first-order chi connectivity index (χ1) is 11.5. The number of carbonyl (C=O) groups is 1. The van der Waals surface area contributed by atoms with E-state index in [1.54, 1.807) is 11.8 Å². The van der Waals surface area contributed by atoms with Gasteiger partial charge in [-0.3, -0.25) is 9.69 Å². The first-order valence-corrected chi connectivity index (χ1v) is 9.98. The van der Waals surface area contributed by atoms with E-state index < -0.39 is 0 Å². The minimum Gasteiger partial charge on any atom is -0.379 e. The molecule has 0 spiro atoms. The number of ether oxygens (including phenoxy) is 1. The number of nitrogens with one attached hydrogen (secondary N) is 1. The fourth-order valence-corrected chi connectivity index (χ4v) is 3.57. The molecule has 1 amide bonds. The second-order valence-electron chi connectivity index (χ2n) is 6.82. The molecule has 1 aromatic carbocycles. The van der Waals surface area contributed by atoms with E-state index >= 15 is 0 Å². The summed E-state index contributed by atoms with van der Waals surface area (Å²) in [6.07, 6.45) is 3.12. The Kier molecular flexibility index (Phi) is 7.59. The lowest BCUT2D eigenvalue weighted by atomic mass is 10.0. The van der Waals surface area contributed by atoms with Crippen molar-refractivity contribution in [3.63, 3.8) is 0 Å². The highest BCUT2D eigenvalue weighted by molar-refractivity contribution is 7.98. The highest BCUT2D eigenvalue weighted by Crippen LogP contribution is 2.19. The molecule has 0 bridgehead atoms. The average molecular weight is 351 g/mol. The Morgan fingerprint density at radius 3 is 2.67 bits per heavy atom. The first-order valence-electron chi connectivity index (χ1n) is 8.76. The van der Waals surface area contributed by atoms with Crippen LogP contribution in [0, 0.1) is 12.8 Å². The highest BCUT2D eigenvalue weighted by Gasteiger charge is 2.23. The number of morpholine rings is 1. The van der Waals surface area contributed by atoms with Crippen LogP contribution in [0.25, 0.3) is 0 Å². The Balaban J connectivity index is 2.00. The zero-order valence-electron chi connectivity index (χ0n) is 15.3. The molecule has 0 saturated carbocycles. The van der Waals surface area contributed by atoms with E-state index in [1.165, 1.54) is 0 Å². The van der Waals surface area contributed by atoms with Crippen molar-refractivity contribution < 1.29 is 9.53 Å². The molecule has 1 N–H and O–H groups in total. The van der Waals surface area contributed by atoms with Crippen molar-refractivity contribution >= 4 is 17.7 Å². The third-order valence-electron chi connectivity index (χ3n) is 4.49. The molecular formula is C19H30N2O2S. The lowest BCUT2D eigenvalue weighted by Crippen LogP contribution is -2.49. The van der Waals surface area contributed by atoms with Crippen molar-refractivity contribution in [1.29, 1.82) is 0 Å². The number of amides is 1. The van der Waals surface area contributed by atoms with Crippen LogP contribution in [0.3, 0.4) is 0 Å². The largest absolute Gasteiger partial charge is 0.379 e. The predicted molar refractivity (Wildman–Crippen MR) is 101 cm³/mol. The zero-order chi connectivity index (χ0) is 17.5. The summed E-state index contributed by atoms with van der Waals surface area (Å²) in [4.78, 5) is 16.2. The smallest absolute Gasteiger partial charge is 0.251 e. The van der Waals surface area contributed by atoms with Crippen molar-refractivity contribution in [2.24, 2.45) is 5.92 Å². The maximum atomic E-state index is 12.6. The first kappa shape index (κ1) is 19.3. The van der Waals surface area contributed by atoms with Gasteiger partial charge in [0.15, 0.2) is 0 Å². The maximum Gasteiger partial charge on any atom is 0.251 e. The molecule has 0 aromatic heterocycles. The topological polar surface area (TPSA) is 41.6 Å². The lowest BCUT2D eigenvalue weighted by molar-refractivity contribution is 0.0124. The van der Waals surface area contributed by atoms with Gasteiger partial charge in [0.1, 0.15) is 0 Å². The van der Waals surface area contributed by atoms with Crippen molar-refractivity contribution in [3.8, 4) is 0 Å². The molecule has 1 atom stereocenters. The van der Waals surface area contributed by atoms with Crippen LogP contribution in [0.1, 0.15) is 36.2 Å². The molecule has 1 saturated heterocycles. The molecule has 0 aliphatic carbocycles. The molecule has 1 aliphatic rings. The van der Waals surface area contributed by atoms with Gasteiger partial charge in [-0.25, -0.2) is 0 Å². The van der Waals surface area contributed by atoms with Gasteiger partial charge in [0.25, 0.3) is 5.91 Å². The Morgan fingerprint density at radius 1 is 1.33 bits per heavy atom. The van der Waals surface area contributed by atoms with Gasteiger partial charge in [0.2, 0.25) is 0 Å². The van der Waals surface area contributed by atoms with Gasteiger partial charge in [-0.15, -0.1) is 11.8 Å². The molecule has 0 radical (unpaired) electrons. The molecule has 24 heavy (non-hydrogen) atoms. The minimum atomic E-state index is 0.0328. The van der Waals surface area contributed by atoms with E-state index in [9.17, 15) is 4.79 Å². The van der Waals surface area contributed by atoms with Gasteiger partial charge in [0, 0.05) is 36.1 Å². The number of nitrogens with zero attached hydrogens (tertiary/aromatic N) is 1. The number of aryl methyl sites for hydroxylation is 1. The van der Waals surface area contributed by atoms with E-state index in [-0.39, 0.29) is 5.91 Å². The zero-order valence-corrected chi connectivity index (χ0v) is 16.1. The summed E-state index contributed by atoms with van der Waals surface area (Å²) < 4.78 is 5.46. The summed E-state index contributed by atoms with van der Waals surface area (Å²) in [5, 5.41) is 3.16. The summed E-state index contributed by atoms with van der Waals surface area (Å²) in [5.74, 6) is 0.640. The van der Waals surface area contributed by atoms with Gasteiger partial charge in [-0.05, 0) is 43.2 Å². The standard InChI is InChI=1S/C19H30N2O2S/c1-14(2)11-16(21-7-9-23-10-8-21)13-20-19(22)18-12-17(24-4)6-5-15(18)3/h5-6,12,14,16H,7-11,13H2,1-4H3,(H,20,22). The molecule has 1 aliphatic heterocycles.